The molecule has 2 aromatic rings. The number of hydrogen-bond acceptors (Lipinski definition) is 5. The second kappa shape index (κ2) is 7.74. The summed E-state index contributed by atoms with van der Waals surface area (Å²) in [5, 5.41) is 10.6. The Morgan fingerprint density at radius 3 is 2.62 bits per heavy atom. The van der Waals surface area contributed by atoms with Crippen molar-refractivity contribution in [1.29, 1.82) is 0 Å². The van der Waals surface area contributed by atoms with E-state index in [-0.39, 0.29) is 12.1 Å². The zero-order valence-corrected chi connectivity index (χ0v) is 15.5. The zero-order valence-electron chi connectivity index (χ0n) is 15.5. The number of hydrogen-bond donors (Lipinski definition) is 1. The molecule has 2 aliphatic rings. The van der Waals surface area contributed by atoms with Crippen molar-refractivity contribution in [2.24, 2.45) is 0 Å². The highest BCUT2D eigenvalue weighted by Crippen LogP contribution is 2.22. The fourth-order valence-electron chi connectivity index (χ4n) is 4.23. The molecule has 0 unspecified atom stereocenters. The Labute approximate surface area is 155 Å². The van der Waals surface area contributed by atoms with Gasteiger partial charge in [-0.15, -0.1) is 0 Å². The third kappa shape index (κ3) is 3.90. The number of aromatic nitrogens is 1. The highest BCUT2D eigenvalue weighted by atomic mass is 16.3. The molecule has 0 spiro atoms. The van der Waals surface area contributed by atoms with E-state index in [0.717, 1.165) is 51.6 Å². The van der Waals surface area contributed by atoms with Gasteiger partial charge in [0.25, 0.3) is 0 Å². The number of pyridine rings is 1. The molecule has 2 aliphatic heterocycles. The van der Waals surface area contributed by atoms with Crippen LogP contribution in [0.25, 0.3) is 0 Å². The van der Waals surface area contributed by atoms with Gasteiger partial charge in [-0.1, -0.05) is 35.9 Å². The number of aliphatic hydroxyl groups excluding tert-OH is 1. The number of likely N-dealkylation sites (tertiary alicyclic amines) is 1. The Morgan fingerprint density at radius 2 is 1.88 bits per heavy atom. The summed E-state index contributed by atoms with van der Waals surface area (Å²) in [4.78, 5) is 11.6. The van der Waals surface area contributed by atoms with Gasteiger partial charge in [-0.25, -0.2) is 4.98 Å². The summed E-state index contributed by atoms with van der Waals surface area (Å²) in [5.41, 5.74) is 2.63. The summed E-state index contributed by atoms with van der Waals surface area (Å²) in [6.45, 7) is 8.66. The number of β-amino-alcohol motifs (C(OH)–C–C–N with tert-alkyl or cyclic N) is 1. The van der Waals surface area contributed by atoms with Crippen LogP contribution in [0.4, 0.5) is 5.82 Å². The van der Waals surface area contributed by atoms with Gasteiger partial charge in [-0.3, -0.25) is 9.80 Å². The number of aliphatic hydroxyl groups is 1. The molecule has 5 heteroatoms. The Hall–Kier alpha value is -1.95. The summed E-state index contributed by atoms with van der Waals surface area (Å²) in [5.74, 6) is 1.06. The minimum atomic E-state index is -0.263. The van der Waals surface area contributed by atoms with Gasteiger partial charge in [0.15, 0.2) is 0 Å². The molecular weight excluding hydrogens is 324 g/mol. The molecule has 0 saturated carbocycles. The highest BCUT2D eigenvalue weighted by molar-refractivity contribution is 5.38. The second-order valence-corrected chi connectivity index (χ2v) is 7.53. The Bertz CT molecular complexity index is 715. The van der Waals surface area contributed by atoms with Crippen LogP contribution in [0.5, 0.6) is 0 Å². The smallest absolute Gasteiger partial charge is 0.128 e. The second-order valence-electron chi connectivity index (χ2n) is 7.53. The van der Waals surface area contributed by atoms with Crippen molar-refractivity contribution in [1.82, 2.24) is 14.8 Å². The molecule has 0 aliphatic carbocycles. The molecule has 2 atom stereocenters. The van der Waals surface area contributed by atoms with E-state index in [9.17, 15) is 5.11 Å². The van der Waals surface area contributed by atoms with Crippen LogP contribution in [0.15, 0.2) is 48.7 Å². The molecule has 138 valence electrons. The molecule has 5 nitrogen and oxygen atoms in total. The Balaban J connectivity index is 1.33. The van der Waals surface area contributed by atoms with Crippen LogP contribution >= 0.6 is 0 Å². The van der Waals surface area contributed by atoms with Gasteiger partial charge in [0.05, 0.1) is 6.10 Å². The summed E-state index contributed by atoms with van der Waals surface area (Å²) < 4.78 is 0. The predicted molar refractivity (Wildman–Crippen MR) is 104 cm³/mol. The van der Waals surface area contributed by atoms with Crippen LogP contribution in [0.3, 0.4) is 0 Å². The van der Waals surface area contributed by atoms with Crippen molar-refractivity contribution in [3.05, 3.63) is 59.8 Å². The Morgan fingerprint density at radius 1 is 1.04 bits per heavy atom. The maximum atomic E-state index is 10.6. The van der Waals surface area contributed by atoms with Crippen molar-refractivity contribution < 1.29 is 5.11 Å². The molecular formula is C21H28N4O. The third-order valence-electron chi connectivity index (χ3n) is 5.58. The predicted octanol–water partition coefficient (Wildman–Crippen LogP) is 1.76. The SMILES string of the molecule is Cc1cccc(CN2C[C@H](O)[C@@H](N3CCN(c4ccccn4)CC3)C2)c1. The minimum absolute atomic E-state index is 0.241. The van der Waals surface area contributed by atoms with Crippen LogP contribution in [0.2, 0.25) is 0 Å². The first-order valence-corrected chi connectivity index (χ1v) is 9.55. The number of benzene rings is 1. The summed E-state index contributed by atoms with van der Waals surface area (Å²) in [6.07, 6.45) is 1.59. The van der Waals surface area contributed by atoms with E-state index < -0.39 is 0 Å². The number of aryl methyl sites for hydroxylation is 1. The van der Waals surface area contributed by atoms with Crippen LogP contribution in [0, 0.1) is 6.92 Å². The summed E-state index contributed by atoms with van der Waals surface area (Å²) in [6, 6.07) is 15.0. The summed E-state index contributed by atoms with van der Waals surface area (Å²) in [7, 11) is 0. The van der Waals surface area contributed by atoms with Gasteiger partial charge in [-0.05, 0) is 24.6 Å². The molecule has 0 amide bonds. The molecule has 4 rings (SSSR count). The number of nitrogens with zero attached hydrogens (tertiary/aromatic N) is 4. The topological polar surface area (TPSA) is 42.8 Å². The lowest BCUT2D eigenvalue weighted by Gasteiger charge is -2.39. The van der Waals surface area contributed by atoms with Gasteiger partial charge in [0.1, 0.15) is 5.82 Å². The van der Waals surface area contributed by atoms with E-state index in [2.05, 4.69) is 56.9 Å². The van der Waals surface area contributed by atoms with Crippen LogP contribution in [-0.2, 0) is 6.54 Å². The van der Waals surface area contributed by atoms with Gasteiger partial charge in [0.2, 0.25) is 0 Å². The molecule has 0 radical (unpaired) electrons. The summed E-state index contributed by atoms with van der Waals surface area (Å²) >= 11 is 0. The number of anilines is 1. The molecule has 2 fully saturated rings. The van der Waals surface area contributed by atoms with Crippen molar-refractivity contribution in [2.75, 3.05) is 44.2 Å². The van der Waals surface area contributed by atoms with E-state index in [1.807, 2.05) is 18.3 Å². The lowest BCUT2D eigenvalue weighted by Crippen LogP contribution is -2.53. The van der Waals surface area contributed by atoms with Crippen molar-refractivity contribution in [3.8, 4) is 0 Å². The van der Waals surface area contributed by atoms with Crippen molar-refractivity contribution in [3.63, 3.8) is 0 Å². The lowest BCUT2D eigenvalue weighted by molar-refractivity contribution is 0.0790. The van der Waals surface area contributed by atoms with Gasteiger partial charge >= 0.3 is 0 Å². The fraction of sp³-hybridized carbons (Fsp3) is 0.476. The van der Waals surface area contributed by atoms with E-state index in [1.54, 1.807) is 0 Å². The van der Waals surface area contributed by atoms with Gasteiger partial charge in [0, 0.05) is 58.1 Å². The van der Waals surface area contributed by atoms with Gasteiger partial charge in [-0.2, -0.15) is 0 Å². The van der Waals surface area contributed by atoms with E-state index in [0.29, 0.717) is 0 Å². The monoisotopic (exact) mass is 352 g/mol. The number of piperazine rings is 1. The highest BCUT2D eigenvalue weighted by Gasteiger charge is 2.36. The fourth-order valence-corrected chi connectivity index (χ4v) is 4.23. The van der Waals surface area contributed by atoms with E-state index in [4.69, 9.17) is 0 Å². The first-order chi connectivity index (χ1) is 12.7. The molecule has 26 heavy (non-hydrogen) atoms. The minimum Gasteiger partial charge on any atom is -0.390 e. The average molecular weight is 352 g/mol. The molecule has 1 aromatic heterocycles. The van der Waals surface area contributed by atoms with Crippen molar-refractivity contribution >= 4 is 5.82 Å². The average Bonchev–Trinajstić information content (AvgIpc) is 3.03. The molecule has 2 saturated heterocycles. The first-order valence-electron chi connectivity index (χ1n) is 9.55. The van der Waals surface area contributed by atoms with Crippen LogP contribution < -0.4 is 4.90 Å². The maximum Gasteiger partial charge on any atom is 0.128 e. The third-order valence-corrected chi connectivity index (χ3v) is 5.58. The lowest BCUT2D eigenvalue weighted by atomic mass is 10.1. The first kappa shape index (κ1) is 17.5. The van der Waals surface area contributed by atoms with Crippen LogP contribution in [-0.4, -0.2) is 71.3 Å². The van der Waals surface area contributed by atoms with Gasteiger partial charge < -0.3 is 10.0 Å². The van der Waals surface area contributed by atoms with Crippen molar-refractivity contribution in [2.45, 2.75) is 25.6 Å². The molecule has 3 heterocycles. The quantitative estimate of drug-likeness (QED) is 0.908. The maximum absolute atomic E-state index is 10.6. The van der Waals surface area contributed by atoms with Crippen LogP contribution in [0.1, 0.15) is 11.1 Å². The molecule has 0 bridgehead atoms. The largest absolute Gasteiger partial charge is 0.390 e. The zero-order chi connectivity index (χ0) is 17.9. The number of rotatable bonds is 4. The molecule has 1 N–H and O–H groups in total. The molecule has 1 aromatic carbocycles. The van der Waals surface area contributed by atoms with E-state index in [1.165, 1.54) is 11.1 Å². The standard InChI is InChI=1S/C21H28N4O/c1-17-5-4-6-18(13-17)14-23-15-19(20(26)16-23)24-9-11-25(12-10-24)21-7-2-3-8-22-21/h2-8,13,19-20,26H,9-12,14-16H2,1H3/t19-,20-/m0/s1. The Kier molecular flexibility index (Phi) is 5.20. The normalized spacial score (nSPS) is 24.9. The van der Waals surface area contributed by atoms with E-state index >= 15 is 0 Å².